The van der Waals surface area contributed by atoms with Crippen LogP contribution in [0.15, 0.2) is 72.8 Å². The lowest BCUT2D eigenvalue weighted by atomic mass is 9.70. The molecule has 2 unspecified atom stereocenters. The summed E-state index contributed by atoms with van der Waals surface area (Å²) >= 11 is 0. The number of rotatable bonds is 16. The van der Waals surface area contributed by atoms with Gasteiger partial charge in [0.1, 0.15) is 11.2 Å². The maximum atomic E-state index is 10.5. The molecule has 5 nitrogen and oxygen atoms in total. The number of carboxylic acid groups (broad SMARTS) is 2. The molecule has 47 heavy (non-hydrogen) atoms. The van der Waals surface area contributed by atoms with Crippen LogP contribution in [0.3, 0.4) is 0 Å². The molecule has 2 atom stereocenters. The summed E-state index contributed by atoms with van der Waals surface area (Å²) < 4.78 is 6.97. The lowest BCUT2D eigenvalue weighted by Crippen LogP contribution is -2.30. The topological polar surface area (TPSA) is 87.1 Å². The van der Waals surface area contributed by atoms with E-state index in [9.17, 15) is 9.59 Å². The molecule has 0 amide bonds. The van der Waals surface area contributed by atoms with Gasteiger partial charge < -0.3 is 14.9 Å². The summed E-state index contributed by atoms with van der Waals surface area (Å²) in [5, 5.41) is 22.7. The molecule has 0 bridgehead atoms. The third-order valence-corrected chi connectivity index (χ3v) is 10.5. The van der Waals surface area contributed by atoms with Gasteiger partial charge in [0.15, 0.2) is 0 Å². The van der Waals surface area contributed by atoms with E-state index in [0.29, 0.717) is 0 Å². The van der Waals surface area contributed by atoms with Crippen molar-refractivity contribution in [2.24, 2.45) is 0 Å². The summed E-state index contributed by atoms with van der Waals surface area (Å²) in [5.41, 5.74) is 2.82. The second kappa shape index (κ2) is 15.9. The average molecular weight is 637 g/mol. The van der Waals surface area contributed by atoms with E-state index in [1.54, 1.807) is 5.56 Å². The number of ether oxygens (including phenoxy) is 1. The van der Waals surface area contributed by atoms with Gasteiger partial charge in [-0.2, -0.15) is 0 Å². The van der Waals surface area contributed by atoms with Crippen molar-refractivity contribution in [1.29, 1.82) is 0 Å². The van der Waals surface area contributed by atoms with Gasteiger partial charge in [-0.25, -0.2) is 9.59 Å². The fourth-order valence-corrected chi connectivity index (χ4v) is 7.98. The van der Waals surface area contributed by atoms with Crippen molar-refractivity contribution in [1.82, 2.24) is 0 Å². The van der Waals surface area contributed by atoms with Crippen molar-refractivity contribution in [2.45, 2.75) is 128 Å². The lowest BCUT2D eigenvalue weighted by Gasteiger charge is -2.29. The van der Waals surface area contributed by atoms with E-state index in [2.05, 4.69) is 62.4 Å². The molecular formula is C42H52O5. The number of fused-ring (bicyclic) bond motifs is 7. The van der Waals surface area contributed by atoms with E-state index in [-0.39, 0.29) is 22.3 Å². The quantitative estimate of drug-likeness (QED) is 0.0726. The number of carboxylic acids is 2. The predicted molar refractivity (Wildman–Crippen MR) is 192 cm³/mol. The zero-order chi connectivity index (χ0) is 33.3. The third kappa shape index (κ3) is 7.56. The SMILES string of the molecule is CCCCCCCCC12CCc3c(ccc4c3ccc3ccccc34)C1(CCCCCCCC)O2.O=C(O)c1ccccc1C(=O)O. The number of epoxide rings is 1. The molecule has 0 radical (unpaired) electrons. The Kier molecular flexibility index (Phi) is 11.7. The first-order valence-electron chi connectivity index (χ1n) is 18.1. The van der Waals surface area contributed by atoms with Gasteiger partial charge in [-0.1, -0.05) is 152 Å². The smallest absolute Gasteiger partial charge is 0.336 e. The summed E-state index contributed by atoms with van der Waals surface area (Å²) in [7, 11) is 0. The highest BCUT2D eigenvalue weighted by atomic mass is 16.6. The average Bonchev–Trinajstić information content (AvgIpc) is 3.76. The summed E-state index contributed by atoms with van der Waals surface area (Å²) in [6.45, 7) is 4.61. The molecule has 6 rings (SSSR count). The summed E-state index contributed by atoms with van der Waals surface area (Å²) in [6.07, 6.45) is 21.2. The van der Waals surface area contributed by atoms with Crippen molar-refractivity contribution >= 4 is 33.5 Å². The van der Waals surface area contributed by atoms with Gasteiger partial charge in [-0.15, -0.1) is 0 Å². The number of aromatic carboxylic acids is 2. The predicted octanol–water partition coefficient (Wildman–Crippen LogP) is 11.5. The van der Waals surface area contributed by atoms with Crippen molar-refractivity contribution in [3.05, 3.63) is 95.1 Å². The molecule has 2 aliphatic rings. The number of hydrogen-bond acceptors (Lipinski definition) is 3. The maximum absolute atomic E-state index is 10.5. The van der Waals surface area contributed by atoms with Crippen molar-refractivity contribution in [3.63, 3.8) is 0 Å². The molecule has 1 heterocycles. The van der Waals surface area contributed by atoms with Crippen LogP contribution < -0.4 is 0 Å². The maximum Gasteiger partial charge on any atom is 0.336 e. The Hall–Kier alpha value is -3.70. The van der Waals surface area contributed by atoms with Crippen molar-refractivity contribution in [2.75, 3.05) is 0 Å². The van der Waals surface area contributed by atoms with Gasteiger partial charge in [0.05, 0.1) is 11.1 Å². The van der Waals surface area contributed by atoms with E-state index < -0.39 is 11.9 Å². The second-order valence-electron chi connectivity index (χ2n) is 13.6. The minimum absolute atomic E-state index is 0.0193. The Labute approximate surface area is 280 Å². The van der Waals surface area contributed by atoms with E-state index in [1.165, 1.54) is 154 Å². The van der Waals surface area contributed by atoms with Gasteiger partial charge in [-0.3, -0.25) is 0 Å². The Morgan fingerprint density at radius 2 is 1.17 bits per heavy atom. The Morgan fingerprint density at radius 3 is 1.81 bits per heavy atom. The van der Waals surface area contributed by atoms with Gasteiger partial charge in [-0.05, 0) is 70.5 Å². The first-order chi connectivity index (χ1) is 22.9. The Balaban J connectivity index is 0.000000305. The first-order valence-corrected chi connectivity index (χ1v) is 18.1. The third-order valence-electron chi connectivity index (χ3n) is 10.5. The lowest BCUT2D eigenvalue weighted by molar-refractivity contribution is 0.0651. The molecule has 1 saturated heterocycles. The molecule has 5 heteroatoms. The number of carbonyl (C=O) groups is 2. The minimum atomic E-state index is -1.23. The molecule has 1 fully saturated rings. The van der Waals surface area contributed by atoms with Gasteiger partial charge in [0.25, 0.3) is 0 Å². The molecule has 1 aliphatic heterocycles. The number of aryl methyl sites for hydroxylation is 1. The molecule has 0 spiro atoms. The number of hydrogen-bond donors (Lipinski definition) is 2. The van der Waals surface area contributed by atoms with Crippen LogP contribution in [0.5, 0.6) is 0 Å². The minimum Gasteiger partial charge on any atom is -0.478 e. The molecule has 2 N–H and O–H groups in total. The standard InChI is InChI=1S/C34H46O.C8H6O4/c1-3-5-7-9-11-15-24-33-26-23-31-30-20-19-27-17-13-14-18-28(27)29(30)21-22-32(31)34(33,35-33)25-16-12-10-8-6-4-2;9-7(10)5-3-1-2-4-6(5)8(11)12/h13-14,17-22H,3-12,15-16,23-26H2,1-2H3;1-4H,(H,9,10)(H,11,12). The Bertz CT molecular complexity index is 1640. The summed E-state index contributed by atoms with van der Waals surface area (Å²) in [5.74, 6) is -2.46. The van der Waals surface area contributed by atoms with Crippen LogP contribution in [0.4, 0.5) is 0 Å². The monoisotopic (exact) mass is 636 g/mol. The van der Waals surface area contributed by atoms with Crippen LogP contribution >= 0.6 is 0 Å². The normalized spacial score (nSPS) is 19.4. The van der Waals surface area contributed by atoms with Crippen molar-refractivity contribution < 1.29 is 24.5 Å². The molecule has 0 aromatic heterocycles. The van der Waals surface area contributed by atoms with E-state index in [1.807, 2.05) is 0 Å². The fourth-order valence-electron chi connectivity index (χ4n) is 7.98. The zero-order valence-electron chi connectivity index (χ0n) is 28.4. The number of benzene rings is 4. The first kappa shape index (κ1) is 34.6. The van der Waals surface area contributed by atoms with E-state index in [4.69, 9.17) is 14.9 Å². The molecule has 1 aliphatic carbocycles. The highest BCUT2D eigenvalue weighted by molar-refractivity contribution is 6.09. The molecule has 250 valence electrons. The van der Waals surface area contributed by atoms with Crippen LogP contribution in [-0.2, 0) is 16.8 Å². The summed E-state index contributed by atoms with van der Waals surface area (Å²) in [6, 6.07) is 23.9. The van der Waals surface area contributed by atoms with Crippen molar-refractivity contribution in [3.8, 4) is 0 Å². The van der Waals surface area contributed by atoms with Crippen LogP contribution in [0.25, 0.3) is 21.5 Å². The van der Waals surface area contributed by atoms with Crippen LogP contribution in [0, 0.1) is 0 Å². The van der Waals surface area contributed by atoms with Crippen LogP contribution in [0.1, 0.15) is 142 Å². The molecular weight excluding hydrogens is 584 g/mol. The van der Waals surface area contributed by atoms with Crippen LogP contribution in [0.2, 0.25) is 0 Å². The van der Waals surface area contributed by atoms with Gasteiger partial charge in [0, 0.05) is 0 Å². The zero-order valence-corrected chi connectivity index (χ0v) is 28.4. The van der Waals surface area contributed by atoms with E-state index in [0.717, 1.165) is 0 Å². The highest BCUT2D eigenvalue weighted by Crippen LogP contribution is 2.67. The van der Waals surface area contributed by atoms with E-state index >= 15 is 0 Å². The molecule has 4 aromatic rings. The van der Waals surface area contributed by atoms with Crippen LogP contribution in [-0.4, -0.2) is 27.8 Å². The molecule has 4 aromatic carbocycles. The summed E-state index contributed by atoms with van der Waals surface area (Å²) in [4.78, 5) is 20.9. The second-order valence-corrected chi connectivity index (χ2v) is 13.6. The molecule has 0 saturated carbocycles. The van der Waals surface area contributed by atoms with Gasteiger partial charge in [0.2, 0.25) is 0 Å². The fraction of sp³-hybridized carbons (Fsp3) is 0.476. The number of unbranched alkanes of at least 4 members (excludes halogenated alkanes) is 10. The van der Waals surface area contributed by atoms with Gasteiger partial charge >= 0.3 is 11.9 Å². The highest BCUT2D eigenvalue weighted by Gasteiger charge is 2.70. The largest absolute Gasteiger partial charge is 0.478 e. The Morgan fingerprint density at radius 1 is 0.617 bits per heavy atom.